The van der Waals surface area contributed by atoms with Crippen LogP contribution in [0.1, 0.15) is 19.3 Å². The molecular weight excluding hydrogens is 234 g/mol. The minimum atomic E-state index is -0.885. The predicted molar refractivity (Wildman–Crippen MR) is 64.9 cm³/mol. The first-order valence-corrected chi connectivity index (χ1v) is 6.41. The quantitative estimate of drug-likeness (QED) is 0.727. The van der Waals surface area contributed by atoms with Gasteiger partial charge in [0, 0.05) is 19.1 Å². The Morgan fingerprint density at radius 2 is 2.00 bits per heavy atom. The van der Waals surface area contributed by atoms with Crippen LogP contribution in [-0.4, -0.2) is 36.7 Å². The molecule has 0 radical (unpaired) electrons. The molecule has 5 heteroatoms. The minimum absolute atomic E-state index is 0.140. The van der Waals surface area contributed by atoms with E-state index >= 15 is 0 Å². The van der Waals surface area contributed by atoms with Gasteiger partial charge in [-0.05, 0) is 19.3 Å². The fraction of sp³-hybridized carbons (Fsp3) is 0.692. The lowest BCUT2D eigenvalue weighted by atomic mass is 9.82. The zero-order chi connectivity index (χ0) is 13.0. The van der Waals surface area contributed by atoms with Gasteiger partial charge in [0.2, 0.25) is 5.91 Å². The molecular formula is C13H19NO4. The first kappa shape index (κ1) is 13.1. The summed E-state index contributed by atoms with van der Waals surface area (Å²) < 4.78 is 5.24. The van der Waals surface area contributed by atoms with Gasteiger partial charge >= 0.3 is 5.97 Å². The molecule has 1 unspecified atom stereocenters. The van der Waals surface area contributed by atoms with Crippen molar-refractivity contribution >= 4 is 11.9 Å². The highest BCUT2D eigenvalue weighted by atomic mass is 16.5. The Morgan fingerprint density at radius 1 is 1.28 bits per heavy atom. The summed E-state index contributed by atoms with van der Waals surface area (Å²) in [6.07, 6.45) is 5.66. The van der Waals surface area contributed by atoms with Gasteiger partial charge in [0.05, 0.1) is 18.4 Å². The molecule has 1 heterocycles. The highest BCUT2D eigenvalue weighted by Crippen LogP contribution is 2.26. The maximum Gasteiger partial charge on any atom is 0.307 e. The van der Waals surface area contributed by atoms with Crippen LogP contribution >= 0.6 is 0 Å². The molecule has 0 spiro atoms. The van der Waals surface area contributed by atoms with Crippen LogP contribution in [0.5, 0.6) is 0 Å². The van der Waals surface area contributed by atoms with Crippen LogP contribution < -0.4 is 5.32 Å². The molecule has 2 rings (SSSR count). The van der Waals surface area contributed by atoms with Gasteiger partial charge in [-0.3, -0.25) is 9.59 Å². The second-order valence-electron chi connectivity index (χ2n) is 4.97. The van der Waals surface area contributed by atoms with Gasteiger partial charge < -0.3 is 15.2 Å². The lowest BCUT2D eigenvalue weighted by molar-refractivity contribution is -0.147. The van der Waals surface area contributed by atoms with E-state index in [1.807, 2.05) is 12.2 Å². The molecule has 2 aliphatic rings. The summed E-state index contributed by atoms with van der Waals surface area (Å²) in [6.45, 7) is 2.03. The number of hydrogen-bond acceptors (Lipinski definition) is 3. The topological polar surface area (TPSA) is 75.6 Å². The summed E-state index contributed by atoms with van der Waals surface area (Å²) in [4.78, 5) is 23.1. The van der Waals surface area contributed by atoms with Gasteiger partial charge in [-0.2, -0.15) is 0 Å². The number of rotatable bonds is 4. The van der Waals surface area contributed by atoms with Crippen LogP contribution in [-0.2, 0) is 14.3 Å². The number of nitrogens with one attached hydrogen (secondary N) is 1. The third kappa shape index (κ3) is 3.10. The Kier molecular flexibility index (Phi) is 4.36. The predicted octanol–water partition coefficient (Wildman–Crippen LogP) is 0.806. The minimum Gasteiger partial charge on any atom is -0.481 e. The van der Waals surface area contributed by atoms with Crippen LogP contribution in [0, 0.1) is 17.8 Å². The SMILES string of the molecule is O=C(O)[C@H]1CC=CC[C@H]1C(=O)NCC1CCOC1. The normalized spacial score (nSPS) is 31.2. The van der Waals surface area contributed by atoms with E-state index in [0.29, 0.717) is 31.9 Å². The fourth-order valence-corrected chi connectivity index (χ4v) is 2.50. The maximum atomic E-state index is 12.0. The van der Waals surface area contributed by atoms with E-state index in [1.165, 1.54) is 0 Å². The van der Waals surface area contributed by atoms with E-state index in [0.717, 1.165) is 13.0 Å². The fourth-order valence-electron chi connectivity index (χ4n) is 2.50. The van der Waals surface area contributed by atoms with Gasteiger partial charge in [0.1, 0.15) is 0 Å². The van der Waals surface area contributed by atoms with E-state index in [4.69, 9.17) is 9.84 Å². The van der Waals surface area contributed by atoms with Crippen LogP contribution in [0.15, 0.2) is 12.2 Å². The number of ether oxygens (including phenoxy) is 1. The molecule has 0 aromatic carbocycles. The number of allylic oxidation sites excluding steroid dienone is 2. The Morgan fingerprint density at radius 3 is 2.61 bits per heavy atom. The monoisotopic (exact) mass is 253 g/mol. The van der Waals surface area contributed by atoms with Gasteiger partial charge in [-0.15, -0.1) is 0 Å². The standard InChI is InChI=1S/C13H19NO4/c15-12(14-7-9-5-6-18-8-9)10-3-1-2-4-11(10)13(16)17/h1-2,9-11H,3-8H2,(H,14,15)(H,16,17)/t9?,10-,11+/m1/s1. The van der Waals surface area contributed by atoms with Crippen molar-refractivity contribution in [2.75, 3.05) is 19.8 Å². The molecule has 18 heavy (non-hydrogen) atoms. The Balaban J connectivity index is 1.86. The van der Waals surface area contributed by atoms with E-state index in [-0.39, 0.29) is 5.91 Å². The number of carbonyl (C=O) groups is 2. The van der Waals surface area contributed by atoms with Crippen molar-refractivity contribution in [1.29, 1.82) is 0 Å². The van der Waals surface area contributed by atoms with Gasteiger partial charge in [0.25, 0.3) is 0 Å². The number of carboxylic acids is 1. The second-order valence-corrected chi connectivity index (χ2v) is 4.97. The van der Waals surface area contributed by atoms with Crippen molar-refractivity contribution in [2.45, 2.75) is 19.3 Å². The largest absolute Gasteiger partial charge is 0.481 e. The molecule has 3 atom stereocenters. The number of amides is 1. The molecule has 0 bridgehead atoms. The van der Waals surface area contributed by atoms with Crippen LogP contribution in [0.3, 0.4) is 0 Å². The molecule has 1 aliphatic heterocycles. The van der Waals surface area contributed by atoms with Crippen molar-refractivity contribution in [3.05, 3.63) is 12.2 Å². The molecule has 0 aromatic rings. The van der Waals surface area contributed by atoms with Crippen LogP contribution in [0.2, 0.25) is 0 Å². The average molecular weight is 253 g/mol. The molecule has 2 N–H and O–H groups in total. The summed E-state index contributed by atoms with van der Waals surface area (Å²) in [5.74, 6) is -1.68. The Labute approximate surface area is 106 Å². The summed E-state index contributed by atoms with van der Waals surface area (Å²) in [6, 6.07) is 0. The van der Waals surface area contributed by atoms with E-state index in [1.54, 1.807) is 0 Å². The first-order valence-electron chi connectivity index (χ1n) is 6.41. The highest BCUT2D eigenvalue weighted by molar-refractivity contribution is 5.85. The lowest BCUT2D eigenvalue weighted by Gasteiger charge is -2.24. The Bertz CT molecular complexity index is 347. The second kappa shape index (κ2) is 6.00. The lowest BCUT2D eigenvalue weighted by Crippen LogP contribution is -2.40. The molecule has 1 amide bonds. The summed E-state index contributed by atoms with van der Waals surface area (Å²) >= 11 is 0. The van der Waals surface area contributed by atoms with Crippen molar-refractivity contribution in [2.24, 2.45) is 17.8 Å². The van der Waals surface area contributed by atoms with Crippen LogP contribution in [0.4, 0.5) is 0 Å². The van der Waals surface area contributed by atoms with Crippen molar-refractivity contribution in [3.63, 3.8) is 0 Å². The molecule has 0 aromatic heterocycles. The third-order valence-corrected chi connectivity index (χ3v) is 3.68. The molecule has 1 aliphatic carbocycles. The number of carboxylic acid groups (broad SMARTS) is 1. The summed E-state index contributed by atoms with van der Waals surface area (Å²) in [7, 11) is 0. The average Bonchev–Trinajstić information content (AvgIpc) is 2.89. The number of hydrogen-bond donors (Lipinski definition) is 2. The Hall–Kier alpha value is -1.36. The molecule has 5 nitrogen and oxygen atoms in total. The first-order chi connectivity index (χ1) is 8.68. The molecule has 1 fully saturated rings. The van der Waals surface area contributed by atoms with E-state index in [9.17, 15) is 9.59 Å². The van der Waals surface area contributed by atoms with Crippen molar-refractivity contribution in [3.8, 4) is 0 Å². The molecule has 1 saturated heterocycles. The summed E-state index contributed by atoms with van der Waals surface area (Å²) in [5.41, 5.74) is 0. The van der Waals surface area contributed by atoms with Gasteiger partial charge in [-0.25, -0.2) is 0 Å². The van der Waals surface area contributed by atoms with Crippen LogP contribution in [0.25, 0.3) is 0 Å². The van der Waals surface area contributed by atoms with Crippen molar-refractivity contribution < 1.29 is 19.4 Å². The summed E-state index contributed by atoms with van der Waals surface area (Å²) in [5, 5.41) is 12.0. The molecule has 100 valence electrons. The zero-order valence-corrected chi connectivity index (χ0v) is 10.3. The van der Waals surface area contributed by atoms with Gasteiger partial charge in [-0.1, -0.05) is 12.2 Å². The smallest absolute Gasteiger partial charge is 0.307 e. The zero-order valence-electron chi connectivity index (χ0n) is 10.3. The number of aliphatic carboxylic acids is 1. The van der Waals surface area contributed by atoms with Crippen molar-refractivity contribution in [1.82, 2.24) is 5.32 Å². The maximum absolute atomic E-state index is 12.0. The third-order valence-electron chi connectivity index (χ3n) is 3.68. The highest BCUT2D eigenvalue weighted by Gasteiger charge is 2.34. The van der Waals surface area contributed by atoms with Gasteiger partial charge in [0.15, 0.2) is 0 Å². The molecule has 0 saturated carbocycles. The van der Waals surface area contributed by atoms with E-state index in [2.05, 4.69) is 5.32 Å². The van der Waals surface area contributed by atoms with E-state index < -0.39 is 17.8 Å². The number of carbonyl (C=O) groups excluding carboxylic acids is 1.